The molecule has 0 unspecified atom stereocenters. The SMILES string of the molecule is c1ccc(-c2cccc(-c3nc(-c4cccc(-c5ccccc5)c4)nc(-c4cccc5oc6cc(-n7c8ccccc8c8ccccc87)ccc6c45)n3)c2)cc1.c1ccc(-c2nc(-c3cccc4c3oc3ccccc34)nc(-c3cccc4oc5cc(-n6c7ccccc7c7ccccc76)ccc5c34)n2)cc1. The van der Waals surface area contributed by atoms with E-state index in [4.69, 9.17) is 43.2 Å². The van der Waals surface area contributed by atoms with E-state index in [0.717, 1.165) is 155 Å². The summed E-state index contributed by atoms with van der Waals surface area (Å²) in [4.78, 5) is 30.8. The third-order valence-corrected chi connectivity index (χ3v) is 20.5. The Morgan fingerprint density at radius 2 is 0.514 bits per heavy atom. The predicted molar refractivity (Wildman–Crippen MR) is 434 cm³/mol. The van der Waals surface area contributed by atoms with Gasteiger partial charge in [0.15, 0.2) is 34.9 Å². The van der Waals surface area contributed by atoms with Crippen molar-refractivity contribution in [3.8, 4) is 102 Å². The van der Waals surface area contributed by atoms with Gasteiger partial charge in [-0.25, -0.2) is 29.9 Å². The molecule has 22 aromatic rings. The van der Waals surface area contributed by atoms with Crippen LogP contribution in [0.4, 0.5) is 0 Å². The molecule has 107 heavy (non-hydrogen) atoms. The van der Waals surface area contributed by atoms with E-state index in [-0.39, 0.29) is 0 Å². The number of hydrogen-bond donors (Lipinski definition) is 0. The van der Waals surface area contributed by atoms with Gasteiger partial charge >= 0.3 is 0 Å². The normalized spacial score (nSPS) is 11.7. The number of benzene rings is 15. The fourth-order valence-electron chi connectivity index (χ4n) is 15.6. The van der Waals surface area contributed by atoms with E-state index in [0.29, 0.717) is 34.9 Å². The molecule has 7 aromatic heterocycles. The minimum absolute atomic E-state index is 0.543. The van der Waals surface area contributed by atoms with Gasteiger partial charge in [-0.1, -0.05) is 255 Å². The minimum atomic E-state index is 0.543. The standard InChI is InChI=1S/C51H32N4O.C45H26N4O2/c1-3-14-33(15-4-1)35-18-11-20-37(30-35)49-52-50(38-21-12-19-36(31-38)34-16-5-2-6-17-34)54-51(53-49)43-24-13-27-46-48(43)42-29-28-39(32-47(42)56-46)55-44-25-9-7-22-40(44)41-23-8-10-26-45(41)55;1-2-12-27(13-3-1)43-46-44(48-45(47-43)35-19-10-17-32-31-16-6-9-22-38(31)51-42(32)35)34-18-11-23-39-41(34)33-25-24-28(26-40(33)50-39)49-36-20-7-4-14-29(36)30-15-5-8-21-37(30)49/h1-32H;1-26H. The average molecular weight is 1370 g/mol. The fourth-order valence-corrected chi connectivity index (χ4v) is 15.6. The van der Waals surface area contributed by atoms with Crippen LogP contribution in [0.2, 0.25) is 0 Å². The highest BCUT2D eigenvalue weighted by Crippen LogP contribution is 2.44. The Labute approximate surface area is 611 Å². The predicted octanol–water partition coefficient (Wildman–Crippen LogP) is 25.0. The molecule has 0 radical (unpaired) electrons. The largest absolute Gasteiger partial charge is 0.456 e. The summed E-state index contributed by atoms with van der Waals surface area (Å²) in [5.41, 5.74) is 21.2. The number of fused-ring (bicyclic) bond motifs is 15. The summed E-state index contributed by atoms with van der Waals surface area (Å²) >= 11 is 0. The van der Waals surface area contributed by atoms with E-state index < -0.39 is 0 Å². The third-order valence-electron chi connectivity index (χ3n) is 20.5. The van der Waals surface area contributed by atoms with E-state index in [1.165, 1.54) is 21.5 Å². The lowest BCUT2D eigenvalue weighted by atomic mass is 10.0. The first-order chi connectivity index (χ1) is 53.0. The zero-order valence-electron chi connectivity index (χ0n) is 57.3. The summed E-state index contributed by atoms with van der Waals surface area (Å²) in [6.07, 6.45) is 0. The second-order valence-corrected chi connectivity index (χ2v) is 26.8. The first-order valence-electron chi connectivity index (χ1n) is 35.7. The van der Waals surface area contributed by atoms with Crippen molar-refractivity contribution in [3.63, 3.8) is 0 Å². The Morgan fingerprint density at radius 3 is 0.991 bits per heavy atom. The number of aromatic nitrogens is 8. The van der Waals surface area contributed by atoms with Gasteiger partial charge in [-0.05, 0) is 107 Å². The van der Waals surface area contributed by atoms with Gasteiger partial charge in [0.05, 0.1) is 27.6 Å². The van der Waals surface area contributed by atoms with Crippen molar-refractivity contribution >= 4 is 109 Å². The molecule has 7 heterocycles. The summed E-state index contributed by atoms with van der Waals surface area (Å²) in [5.74, 6) is 3.48. The van der Waals surface area contributed by atoms with E-state index in [1.807, 2.05) is 97.1 Å². The van der Waals surface area contributed by atoms with E-state index >= 15 is 0 Å². The maximum atomic E-state index is 6.65. The Bertz CT molecular complexity index is 7070. The molecular formula is C96H58N8O3. The van der Waals surface area contributed by atoms with Gasteiger partial charge in [0, 0.05) is 105 Å². The first kappa shape index (κ1) is 61.0. The molecule has 22 rings (SSSR count). The summed E-state index contributed by atoms with van der Waals surface area (Å²) in [5, 5.41) is 10.9. The lowest BCUT2D eigenvalue weighted by molar-refractivity contribution is 0.668. The topological polar surface area (TPSA) is 127 Å². The Balaban J connectivity index is 0.000000138. The van der Waals surface area contributed by atoms with Crippen LogP contribution < -0.4 is 0 Å². The Hall–Kier alpha value is -14.7. The van der Waals surface area contributed by atoms with Gasteiger partial charge in [0.2, 0.25) is 0 Å². The smallest absolute Gasteiger partial charge is 0.167 e. The molecule has 0 fully saturated rings. The van der Waals surface area contributed by atoms with Crippen LogP contribution in [0, 0.1) is 0 Å². The van der Waals surface area contributed by atoms with Gasteiger partial charge in [0.1, 0.15) is 33.5 Å². The van der Waals surface area contributed by atoms with Crippen LogP contribution in [-0.2, 0) is 0 Å². The van der Waals surface area contributed by atoms with Crippen molar-refractivity contribution in [2.75, 3.05) is 0 Å². The molecule has 500 valence electrons. The second-order valence-electron chi connectivity index (χ2n) is 26.8. The molecule has 0 N–H and O–H groups in total. The van der Waals surface area contributed by atoms with Crippen LogP contribution in [-0.4, -0.2) is 39.0 Å². The molecular weight excluding hydrogens is 1310 g/mol. The molecule has 0 saturated heterocycles. The molecule has 0 bridgehead atoms. The van der Waals surface area contributed by atoms with Crippen LogP contribution in [0.15, 0.2) is 365 Å². The average Bonchev–Trinajstić information content (AvgIpc) is 1.66. The van der Waals surface area contributed by atoms with Gasteiger partial charge in [-0.15, -0.1) is 0 Å². The summed E-state index contributed by atoms with van der Waals surface area (Å²) in [7, 11) is 0. The van der Waals surface area contributed by atoms with Crippen LogP contribution in [0.5, 0.6) is 0 Å². The van der Waals surface area contributed by atoms with E-state index in [9.17, 15) is 0 Å². The monoisotopic (exact) mass is 1370 g/mol. The highest BCUT2D eigenvalue weighted by atomic mass is 16.3. The van der Waals surface area contributed by atoms with Gasteiger partial charge in [0.25, 0.3) is 0 Å². The van der Waals surface area contributed by atoms with Crippen molar-refractivity contribution < 1.29 is 13.3 Å². The van der Waals surface area contributed by atoms with Crippen molar-refractivity contribution in [3.05, 3.63) is 352 Å². The lowest BCUT2D eigenvalue weighted by Gasteiger charge is -2.11. The lowest BCUT2D eigenvalue weighted by Crippen LogP contribution is -2.00. The third kappa shape index (κ3) is 10.4. The van der Waals surface area contributed by atoms with Crippen LogP contribution in [0.3, 0.4) is 0 Å². The molecule has 0 saturated carbocycles. The number of furan rings is 3. The molecule has 0 amide bonds. The Kier molecular flexibility index (Phi) is 14.3. The Morgan fingerprint density at radius 1 is 0.187 bits per heavy atom. The fraction of sp³-hybridized carbons (Fsp3) is 0. The molecule has 15 aromatic carbocycles. The number of hydrogen-bond acceptors (Lipinski definition) is 9. The number of para-hydroxylation sites is 6. The molecule has 0 aliphatic rings. The zero-order valence-corrected chi connectivity index (χ0v) is 57.3. The highest BCUT2D eigenvalue weighted by molar-refractivity contribution is 6.16. The zero-order chi connectivity index (χ0) is 70.5. The molecule has 11 nitrogen and oxygen atoms in total. The molecule has 11 heteroatoms. The number of rotatable bonds is 10. The van der Waals surface area contributed by atoms with Crippen LogP contribution >= 0.6 is 0 Å². The van der Waals surface area contributed by atoms with E-state index in [2.05, 4.69) is 264 Å². The van der Waals surface area contributed by atoms with Crippen molar-refractivity contribution in [1.29, 1.82) is 0 Å². The first-order valence-corrected chi connectivity index (χ1v) is 35.7. The quantitative estimate of drug-likeness (QED) is 0.131. The van der Waals surface area contributed by atoms with Gasteiger partial charge in [-0.2, -0.15) is 0 Å². The van der Waals surface area contributed by atoms with Crippen molar-refractivity contribution in [1.82, 2.24) is 39.0 Å². The van der Waals surface area contributed by atoms with Gasteiger partial charge < -0.3 is 22.4 Å². The maximum absolute atomic E-state index is 6.65. The molecule has 0 atom stereocenters. The van der Waals surface area contributed by atoms with Crippen molar-refractivity contribution in [2.45, 2.75) is 0 Å². The van der Waals surface area contributed by atoms with Crippen molar-refractivity contribution in [2.24, 2.45) is 0 Å². The molecule has 0 spiro atoms. The highest BCUT2D eigenvalue weighted by Gasteiger charge is 2.24. The summed E-state index contributed by atoms with van der Waals surface area (Å²) < 4.78 is 24.3. The van der Waals surface area contributed by atoms with Crippen LogP contribution in [0.25, 0.3) is 211 Å². The summed E-state index contributed by atoms with van der Waals surface area (Å²) in [6.45, 7) is 0. The molecule has 0 aliphatic heterocycles. The number of nitrogens with zero attached hydrogens (tertiary/aromatic N) is 8. The minimum Gasteiger partial charge on any atom is -0.456 e. The molecule has 0 aliphatic carbocycles. The maximum Gasteiger partial charge on any atom is 0.167 e. The van der Waals surface area contributed by atoms with E-state index in [1.54, 1.807) is 0 Å². The van der Waals surface area contributed by atoms with Crippen LogP contribution in [0.1, 0.15) is 0 Å². The van der Waals surface area contributed by atoms with Gasteiger partial charge in [-0.3, -0.25) is 0 Å². The second kappa shape index (κ2) is 25.1. The summed E-state index contributed by atoms with van der Waals surface area (Å²) in [6, 6.07) is 121.